The maximum absolute atomic E-state index is 10.9. The average Bonchev–Trinajstić information content (AvgIpc) is 2.57. The zero-order valence-electron chi connectivity index (χ0n) is 8.36. The molecule has 0 bridgehead atoms. The van der Waals surface area contributed by atoms with Gasteiger partial charge in [0.25, 0.3) is 0 Å². The molecule has 2 aromatic rings. The van der Waals surface area contributed by atoms with Gasteiger partial charge in [-0.1, -0.05) is 0 Å². The molecule has 0 amide bonds. The van der Waals surface area contributed by atoms with Crippen LogP contribution in [0.4, 0.5) is 5.69 Å². The fourth-order valence-electron chi connectivity index (χ4n) is 1.46. The van der Waals surface area contributed by atoms with Crippen molar-refractivity contribution in [2.24, 2.45) is 0 Å². The first-order chi connectivity index (χ1) is 7.20. The van der Waals surface area contributed by atoms with Crippen molar-refractivity contribution in [2.75, 3.05) is 25.1 Å². The molecule has 0 aliphatic heterocycles. The number of anilines is 1. The van der Waals surface area contributed by atoms with E-state index in [0.29, 0.717) is 17.6 Å². The third kappa shape index (κ3) is 1.87. The van der Waals surface area contributed by atoms with Crippen LogP contribution in [-0.4, -0.2) is 30.3 Å². The van der Waals surface area contributed by atoms with Gasteiger partial charge < -0.3 is 14.4 Å². The summed E-state index contributed by atoms with van der Waals surface area (Å²) in [4.78, 5) is 15.4. The zero-order chi connectivity index (χ0) is 10.8. The Labute approximate surface area is 85.9 Å². The first kappa shape index (κ1) is 9.79. The first-order valence-corrected chi connectivity index (χ1v) is 4.65. The van der Waals surface area contributed by atoms with Crippen LogP contribution in [-0.2, 0) is 0 Å². The molecule has 5 nitrogen and oxygen atoms in total. The minimum absolute atomic E-state index is 0.0937. The van der Waals surface area contributed by atoms with E-state index in [1.807, 2.05) is 24.1 Å². The minimum atomic E-state index is -0.452. The maximum atomic E-state index is 10.9. The lowest BCUT2D eigenvalue weighted by Gasteiger charge is -2.17. The number of H-pyrrole nitrogens is 1. The highest BCUT2D eigenvalue weighted by Gasteiger charge is 2.04. The van der Waals surface area contributed by atoms with Crippen molar-refractivity contribution in [3.8, 4) is 0 Å². The van der Waals surface area contributed by atoms with E-state index >= 15 is 0 Å². The summed E-state index contributed by atoms with van der Waals surface area (Å²) < 4.78 is 4.88. The van der Waals surface area contributed by atoms with Crippen LogP contribution in [0.1, 0.15) is 0 Å². The molecule has 2 rings (SSSR count). The number of aromatic amines is 1. The van der Waals surface area contributed by atoms with Gasteiger partial charge in [-0.2, -0.15) is 0 Å². The number of likely N-dealkylation sites (N-methyl/N-ethyl adjacent to an activating group) is 1. The molecule has 15 heavy (non-hydrogen) atoms. The molecule has 5 heteroatoms. The molecule has 1 aromatic heterocycles. The molecule has 0 radical (unpaired) electrons. The van der Waals surface area contributed by atoms with E-state index in [1.165, 1.54) is 0 Å². The van der Waals surface area contributed by atoms with Crippen LogP contribution in [0.5, 0.6) is 0 Å². The Hall–Kier alpha value is -1.75. The van der Waals surface area contributed by atoms with E-state index in [-0.39, 0.29) is 6.61 Å². The summed E-state index contributed by atoms with van der Waals surface area (Å²) in [5.41, 5.74) is 2.14. The highest BCUT2D eigenvalue weighted by molar-refractivity contribution is 5.77. The lowest BCUT2D eigenvalue weighted by molar-refractivity contribution is 0.304. The zero-order valence-corrected chi connectivity index (χ0v) is 8.36. The molecule has 0 unspecified atom stereocenters. The Kier molecular flexibility index (Phi) is 2.47. The SMILES string of the molecule is CN(CCO)c1ccc2oc(=O)[nH]c2c1. The fraction of sp³-hybridized carbons (Fsp3) is 0.300. The van der Waals surface area contributed by atoms with E-state index < -0.39 is 5.76 Å². The lowest BCUT2D eigenvalue weighted by Crippen LogP contribution is -2.20. The molecule has 0 aliphatic carbocycles. The molecular weight excluding hydrogens is 196 g/mol. The molecule has 1 heterocycles. The van der Waals surface area contributed by atoms with Gasteiger partial charge in [-0.15, -0.1) is 0 Å². The van der Waals surface area contributed by atoms with Crippen molar-refractivity contribution in [3.63, 3.8) is 0 Å². The van der Waals surface area contributed by atoms with Gasteiger partial charge in [-0.25, -0.2) is 4.79 Å². The summed E-state index contributed by atoms with van der Waals surface area (Å²) in [5, 5.41) is 8.80. The largest absolute Gasteiger partial charge is 0.417 e. The van der Waals surface area contributed by atoms with Crippen LogP contribution >= 0.6 is 0 Å². The van der Waals surface area contributed by atoms with Gasteiger partial charge in [0.05, 0.1) is 12.1 Å². The minimum Gasteiger partial charge on any atom is -0.408 e. The molecule has 0 fully saturated rings. The number of benzene rings is 1. The van der Waals surface area contributed by atoms with Crippen LogP contribution in [0.2, 0.25) is 0 Å². The van der Waals surface area contributed by atoms with Crippen LogP contribution < -0.4 is 10.7 Å². The van der Waals surface area contributed by atoms with Crippen LogP contribution in [0.25, 0.3) is 11.1 Å². The monoisotopic (exact) mass is 208 g/mol. The molecular formula is C10H12N2O3. The summed E-state index contributed by atoms with van der Waals surface area (Å²) in [5.74, 6) is -0.452. The normalized spacial score (nSPS) is 10.8. The number of aromatic nitrogens is 1. The predicted molar refractivity (Wildman–Crippen MR) is 57.2 cm³/mol. The van der Waals surface area contributed by atoms with E-state index in [2.05, 4.69) is 4.98 Å². The summed E-state index contributed by atoms with van der Waals surface area (Å²) in [7, 11) is 1.87. The van der Waals surface area contributed by atoms with E-state index in [4.69, 9.17) is 9.52 Å². The quantitative estimate of drug-likeness (QED) is 0.772. The highest BCUT2D eigenvalue weighted by atomic mass is 16.4. The average molecular weight is 208 g/mol. The number of nitrogens with zero attached hydrogens (tertiary/aromatic N) is 1. The molecule has 0 atom stereocenters. The number of hydrogen-bond donors (Lipinski definition) is 2. The van der Waals surface area contributed by atoms with Gasteiger partial charge in [0.15, 0.2) is 5.58 Å². The van der Waals surface area contributed by atoms with Crippen LogP contribution in [0.3, 0.4) is 0 Å². The predicted octanol–water partition coefficient (Wildman–Crippen LogP) is 0.550. The summed E-state index contributed by atoms with van der Waals surface area (Å²) in [6.45, 7) is 0.643. The first-order valence-electron chi connectivity index (χ1n) is 4.65. The number of nitrogens with one attached hydrogen (secondary N) is 1. The van der Waals surface area contributed by atoms with Crippen molar-refractivity contribution in [3.05, 3.63) is 28.7 Å². The van der Waals surface area contributed by atoms with Gasteiger partial charge in [-0.3, -0.25) is 4.98 Å². The number of aliphatic hydroxyl groups excluding tert-OH is 1. The van der Waals surface area contributed by atoms with Crippen molar-refractivity contribution >= 4 is 16.8 Å². The standard InChI is InChI=1S/C10H12N2O3/c1-12(4-5-13)7-2-3-9-8(6-7)11-10(14)15-9/h2-3,6,13H,4-5H2,1H3,(H,11,14). The van der Waals surface area contributed by atoms with Gasteiger partial charge in [-0.05, 0) is 18.2 Å². The topological polar surface area (TPSA) is 69.5 Å². The second kappa shape index (κ2) is 3.78. The third-order valence-electron chi connectivity index (χ3n) is 2.28. The molecule has 0 saturated carbocycles. The fourth-order valence-corrected chi connectivity index (χ4v) is 1.46. The number of fused-ring (bicyclic) bond motifs is 1. The Morgan fingerprint density at radius 1 is 1.53 bits per heavy atom. The number of aliphatic hydroxyl groups is 1. The van der Waals surface area contributed by atoms with Gasteiger partial charge in [0.1, 0.15) is 0 Å². The number of rotatable bonds is 3. The van der Waals surface area contributed by atoms with Gasteiger partial charge in [0.2, 0.25) is 0 Å². The molecule has 1 aromatic carbocycles. The van der Waals surface area contributed by atoms with Crippen LogP contribution in [0, 0.1) is 0 Å². The van der Waals surface area contributed by atoms with E-state index in [1.54, 1.807) is 6.07 Å². The van der Waals surface area contributed by atoms with Crippen LogP contribution in [0.15, 0.2) is 27.4 Å². The summed E-state index contributed by atoms with van der Waals surface area (Å²) >= 11 is 0. The Morgan fingerprint density at radius 3 is 3.07 bits per heavy atom. The second-order valence-corrected chi connectivity index (χ2v) is 3.34. The van der Waals surface area contributed by atoms with E-state index in [0.717, 1.165) is 5.69 Å². The van der Waals surface area contributed by atoms with Crippen molar-refractivity contribution in [2.45, 2.75) is 0 Å². The summed E-state index contributed by atoms with van der Waals surface area (Å²) in [6.07, 6.45) is 0. The van der Waals surface area contributed by atoms with Crippen molar-refractivity contribution in [1.29, 1.82) is 0 Å². The number of hydrogen-bond acceptors (Lipinski definition) is 4. The number of oxazole rings is 1. The molecule has 0 saturated heterocycles. The lowest BCUT2D eigenvalue weighted by atomic mass is 10.2. The van der Waals surface area contributed by atoms with Crippen molar-refractivity contribution < 1.29 is 9.52 Å². The van der Waals surface area contributed by atoms with Crippen molar-refractivity contribution in [1.82, 2.24) is 4.98 Å². The highest BCUT2D eigenvalue weighted by Crippen LogP contribution is 2.18. The molecule has 0 aliphatic rings. The second-order valence-electron chi connectivity index (χ2n) is 3.34. The molecule has 80 valence electrons. The van der Waals surface area contributed by atoms with E-state index in [9.17, 15) is 4.79 Å². The summed E-state index contributed by atoms with van der Waals surface area (Å²) in [6, 6.07) is 5.39. The molecule has 0 spiro atoms. The third-order valence-corrected chi connectivity index (χ3v) is 2.28. The smallest absolute Gasteiger partial charge is 0.408 e. The molecule has 2 N–H and O–H groups in total. The Bertz CT molecular complexity index is 515. The Morgan fingerprint density at radius 2 is 2.33 bits per heavy atom. The van der Waals surface area contributed by atoms with Gasteiger partial charge >= 0.3 is 5.76 Å². The Balaban J connectivity index is 2.41. The van der Waals surface area contributed by atoms with Gasteiger partial charge in [0, 0.05) is 19.3 Å². The maximum Gasteiger partial charge on any atom is 0.417 e.